The van der Waals surface area contributed by atoms with Crippen molar-refractivity contribution in [3.8, 4) is 0 Å². The Kier molecular flexibility index (Phi) is 6.63. The first-order valence-corrected chi connectivity index (χ1v) is 6.19. The molecule has 0 saturated carbocycles. The first-order valence-electron chi connectivity index (χ1n) is 6.19. The minimum atomic E-state index is -0.536. The van der Waals surface area contributed by atoms with Crippen molar-refractivity contribution in [2.75, 3.05) is 20.3 Å². The van der Waals surface area contributed by atoms with Crippen LogP contribution in [0.1, 0.15) is 41.0 Å². The van der Waals surface area contributed by atoms with Crippen molar-refractivity contribution in [3.63, 3.8) is 0 Å². The Morgan fingerprint density at radius 1 is 1.28 bits per heavy atom. The van der Waals surface area contributed by atoms with Crippen LogP contribution in [0.15, 0.2) is 0 Å². The molecule has 0 heterocycles. The van der Waals surface area contributed by atoms with Gasteiger partial charge in [0.25, 0.3) is 0 Å². The fourth-order valence-corrected chi connectivity index (χ4v) is 1.75. The average Bonchev–Trinajstić information content (AvgIpc) is 2.12. The second kappa shape index (κ2) is 6.95. The van der Waals surface area contributed by atoms with Crippen molar-refractivity contribution >= 4 is 6.09 Å². The maximum absolute atomic E-state index is 11.6. The van der Waals surface area contributed by atoms with E-state index in [9.17, 15) is 9.90 Å². The highest BCUT2D eigenvalue weighted by molar-refractivity contribution is 5.68. The van der Waals surface area contributed by atoms with E-state index >= 15 is 0 Å². The number of aliphatic hydroxyl groups is 1. The lowest BCUT2D eigenvalue weighted by molar-refractivity contribution is 0.0419. The summed E-state index contributed by atoms with van der Waals surface area (Å²) in [7, 11) is 1.64. The molecule has 0 aromatic carbocycles. The molecular weight excluding hydrogens is 234 g/mol. The Balaban J connectivity index is 4.31. The predicted octanol–water partition coefficient (Wildman–Crippen LogP) is 1.93. The lowest BCUT2D eigenvalue weighted by Gasteiger charge is -2.29. The minimum absolute atomic E-state index is 0.114. The number of hydrogen-bond acceptors (Lipinski definition) is 4. The molecule has 0 rings (SSSR count). The smallest absolute Gasteiger partial charge is 0.407 e. The third-order valence-electron chi connectivity index (χ3n) is 2.28. The quantitative estimate of drug-likeness (QED) is 0.766. The van der Waals surface area contributed by atoms with E-state index < -0.39 is 11.7 Å². The van der Waals surface area contributed by atoms with E-state index in [-0.39, 0.29) is 18.1 Å². The van der Waals surface area contributed by atoms with Crippen molar-refractivity contribution in [2.45, 2.75) is 52.7 Å². The van der Waals surface area contributed by atoms with E-state index in [2.05, 4.69) is 5.32 Å². The molecule has 5 heteroatoms. The normalized spacial score (nSPS) is 14.2. The summed E-state index contributed by atoms with van der Waals surface area (Å²) in [6.45, 7) is 9.90. The van der Waals surface area contributed by atoms with Crippen LogP contribution >= 0.6 is 0 Å². The molecule has 0 radical (unpaired) electrons. The van der Waals surface area contributed by atoms with Gasteiger partial charge >= 0.3 is 6.09 Å². The summed E-state index contributed by atoms with van der Waals surface area (Å²) in [5, 5.41) is 12.0. The third-order valence-corrected chi connectivity index (χ3v) is 2.28. The lowest BCUT2D eigenvalue weighted by Crippen LogP contribution is -2.43. The van der Waals surface area contributed by atoms with Gasteiger partial charge in [0.15, 0.2) is 0 Å². The molecule has 108 valence electrons. The van der Waals surface area contributed by atoms with Crippen LogP contribution in [0.2, 0.25) is 0 Å². The molecule has 1 amide bonds. The van der Waals surface area contributed by atoms with Gasteiger partial charge in [0.05, 0.1) is 19.3 Å². The van der Waals surface area contributed by atoms with Crippen LogP contribution in [0.5, 0.6) is 0 Å². The molecular formula is C13H27NO4. The van der Waals surface area contributed by atoms with Crippen LogP contribution < -0.4 is 5.32 Å². The number of carbonyl (C=O) groups excluding carboxylic acids is 1. The zero-order valence-electron chi connectivity index (χ0n) is 12.4. The molecule has 18 heavy (non-hydrogen) atoms. The molecule has 1 atom stereocenters. The second-order valence-corrected chi connectivity index (χ2v) is 6.33. The number of hydrogen-bond donors (Lipinski definition) is 2. The zero-order valence-corrected chi connectivity index (χ0v) is 12.4. The number of methoxy groups -OCH3 is 1. The fourth-order valence-electron chi connectivity index (χ4n) is 1.75. The number of carbonyl (C=O) groups is 1. The van der Waals surface area contributed by atoms with Crippen LogP contribution in [-0.4, -0.2) is 43.2 Å². The van der Waals surface area contributed by atoms with Gasteiger partial charge in [-0.05, 0) is 32.6 Å². The highest BCUT2D eigenvalue weighted by atomic mass is 16.6. The standard InChI is InChI=1S/C13H27NO4/c1-12(2,3)18-11(16)14-10(8-15)7-13(4,5)9-17-6/h10,15H,7-9H2,1-6H3,(H,14,16). The van der Waals surface area contributed by atoms with Gasteiger partial charge in [-0.15, -0.1) is 0 Å². The number of ether oxygens (including phenoxy) is 2. The number of alkyl carbamates (subject to hydrolysis) is 1. The maximum atomic E-state index is 11.6. The number of nitrogens with one attached hydrogen (secondary N) is 1. The molecule has 0 saturated heterocycles. The summed E-state index contributed by atoms with van der Waals surface area (Å²) in [5.41, 5.74) is -0.650. The van der Waals surface area contributed by atoms with Gasteiger partial charge in [-0.2, -0.15) is 0 Å². The topological polar surface area (TPSA) is 67.8 Å². The van der Waals surface area contributed by atoms with Crippen molar-refractivity contribution in [2.24, 2.45) is 5.41 Å². The van der Waals surface area contributed by atoms with Crippen LogP contribution in [0.3, 0.4) is 0 Å². The average molecular weight is 261 g/mol. The molecule has 0 aliphatic carbocycles. The van der Waals surface area contributed by atoms with Crippen molar-refractivity contribution < 1.29 is 19.4 Å². The summed E-state index contributed by atoms with van der Waals surface area (Å²) in [6, 6.07) is -0.329. The summed E-state index contributed by atoms with van der Waals surface area (Å²) >= 11 is 0. The highest BCUT2D eigenvalue weighted by Gasteiger charge is 2.25. The molecule has 2 N–H and O–H groups in total. The first kappa shape index (κ1) is 17.2. The molecule has 5 nitrogen and oxygen atoms in total. The number of amides is 1. The lowest BCUT2D eigenvalue weighted by atomic mass is 9.87. The molecule has 0 spiro atoms. The summed E-state index contributed by atoms with van der Waals surface area (Å²) in [6.07, 6.45) is 0.117. The van der Waals surface area contributed by atoms with Crippen LogP contribution in [0.25, 0.3) is 0 Å². The van der Waals surface area contributed by atoms with Gasteiger partial charge in [0, 0.05) is 7.11 Å². The fraction of sp³-hybridized carbons (Fsp3) is 0.923. The van der Waals surface area contributed by atoms with Gasteiger partial charge in [0.1, 0.15) is 5.60 Å². The molecule has 0 aromatic rings. The van der Waals surface area contributed by atoms with E-state index in [1.54, 1.807) is 27.9 Å². The van der Waals surface area contributed by atoms with E-state index in [4.69, 9.17) is 9.47 Å². The molecule has 0 aliphatic rings. The van der Waals surface area contributed by atoms with E-state index in [0.717, 1.165) is 0 Å². The zero-order chi connectivity index (χ0) is 14.4. The Morgan fingerprint density at radius 3 is 2.22 bits per heavy atom. The van der Waals surface area contributed by atoms with Gasteiger partial charge in [-0.25, -0.2) is 4.79 Å². The summed E-state index contributed by atoms with van der Waals surface area (Å²) in [4.78, 5) is 11.6. The van der Waals surface area contributed by atoms with Crippen LogP contribution in [-0.2, 0) is 9.47 Å². The van der Waals surface area contributed by atoms with E-state index in [0.29, 0.717) is 13.0 Å². The Hall–Kier alpha value is -0.810. The summed E-state index contributed by atoms with van der Waals surface area (Å²) < 4.78 is 10.3. The van der Waals surface area contributed by atoms with Gasteiger partial charge in [-0.1, -0.05) is 13.8 Å². The molecule has 0 aromatic heterocycles. The predicted molar refractivity (Wildman–Crippen MR) is 70.5 cm³/mol. The van der Waals surface area contributed by atoms with Crippen molar-refractivity contribution in [1.82, 2.24) is 5.32 Å². The third kappa shape index (κ3) is 8.31. The van der Waals surface area contributed by atoms with Gasteiger partial charge < -0.3 is 19.9 Å². The molecule has 0 fully saturated rings. The van der Waals surface area contributed by atoms with Crippen LogP contribution in [0, 0.1) is 5.41 Å². The molecule has 0 bridgehead atoms. The Labute approximate surface area is 110 Å². The van der Waals surface area contributed by atoms with E-state index in [1.807, 2.05) is 13.8 Å². The maximum Gasteiger partial charge on any atom is 0.407 e. The monoisotopic (exact) mass is 261 g/mol. The summed E-state index contributed by atoms with van der Waals surface area (Å²) in [5.74, 6) is 0. The van der Waals surface area contributed by atoms with E-state index in [1.165, 1.54) is 0 Å². The second-order valence-electron chi connectivity index (χ2n) is 6.33. The Bertz CT molecular complexity index is 258. The van der Waals surface area contributed by atoms with Gasteiger partial charge in [0.2, 0.25) is 0 Å². The molecule has 1 unspecified atom stereocenters. The van der Waals surface area contributed by atoms with Gasteiger partial charge in [-0.3, -0.25) is 0 Å². The highest BCUT2D eigenvalue weighted by Crippen LogP contribution is 2.22. The Morgan fingerprint density at radius 2 is 1.83 bits per heavy atom. The van der Waals surface area contributed by atoms with Crippen molar-refractivity contribution in [3.05, 3.63) is 0 Å². The number of aliphatic hydroxyl groups excluding tert-OH is 1. The molecule has 0 aliphatic heterocycles. The largest absolute Gasteiger partial charge is 0.444 e. The van der Waals surface area contributed by atoms with Crippen LogP contribution in [0.4, 0.5) is 4.79 Å². The van der Waals surface area contributed by atoms with Crippen molar-refractivity contribution in [1.29, 1.82) is 0 Å². The SMILES string of the molecule is COCC(C)(C)CC(CO)NC(=O)OC(C)(C)C. The minimum Gasteiger partial charge on any atom is -0.444 e. The first-order chi connectivity index (χ1) is 8.09. The number of rotatable bonds is 6.